The first-order valence-electron chi connectivity index (χ1n) is 10.6. The third-order valence-corrected chi connectivity index (χ3v) is 5.64. The maximum absolute atomic E-state index is 13.0. The molecule has 0 aliphatic carbocycles. The Morgan fingerprint density at radius 1 is 1.00 bits per heavy atom. The predicted molar refractivity (Wildman–Crippen MR) is 117 cm³/mol. The average molecular weight is 396 g/mol. The van der Waals surface area contributed by atoms with Crippen molar-refractivity contribution in [2.45, 2.75) is 26.4 Å². The predicted octanol–water partition coefficient (Wildman–Crippen LogP) is 3.12. The number of para-hydroxylation sites is 1. The number of carbonyl (C=O) groups excluding carboxylic acids is 1. The van der Waals surface area contributed by atoms with Crippen LogP contribution in [0.5, 0.6) is 5.75 Å². The second kappa shape index (κ2) is 11.0. The summed E-state index contributed by atoms with van der Waals surface area (Å²) in [6.07, 6.45) is 0. The second-order valence-corrected chi connectivity index (χ2v) is 7.55. The number of likely N-dealkylation sites (N-methyl/N-ethyl adjacent to an activating group) is 1. The van der Waals surface area contributed by atoms with Gasteiger partial charge in [0, 0.05) is 45.8 Å². The topological polar surface area (TPSA) is 36.0 Å². The van der Waals surface area contributed by atoms with Gasteiger partial charge in [0.25, 0.3) is 0 Å². The van der Waals surface area contributed by atoms with Crippen LogP contribution in [-0.2, 0) is 11.3 Å². The van der Waals surface area contributed by atoms with Crippen molar-refractivity contribution < 1.29 is 9.53 Å². The smallest absolute Gasteiger partial charge is 0.239 e. The average Bonchev–Trinajstić information content (AvgIpc) is 2.78. The largest absolute Gasteiger partial charge is 0.492 e. The summed E-state index contributed by atoms with van der Waals surface area (Å²) in [5.41, 5.74) is 1.18. The van der Waals surface area contributed by atoms with Crippen molar-refractivity contribution in [3.63, 3.8) is 0 Å². The number of benzene rings is 2. The minimum Gasteiger partial charge on any atom is -0.492 e. The molecule has 1 aliphatic heterocycles. The van der Waals surface area contributed by atoms with Gasteiger partial charge >= 0.3 is 0 Å². The Kier molecular flexibility index (Phi) is 8.08. The molecule has 1 atom stereocenters. The quantitative estimate of drug-likeness (QED) is 0.654. The molecule has 156 valence electrons. The number of piperazine rings is 1. The lowest BCUT2D eigenvalue weighted by Gasteiger charge is -2.38. The molecule has 1 fully saturated rings. The van der Waals surface area contributed by atoms with Crippen molar-refractivity contribution in [3.05, 3.63) is 66.2 Å². The van der Waals surface area contributed by atoms with Crippen LogP contribution in [0.15, 0.2) is 60.7 Å². The van der Waals surface area contributed by atoms with E-state index in [1.165, 1.54) is 5.56 Å². The summed E-state index contributed by atoms with van der Waals surface area (Å²) in [5, 5.41) is 0. The minimum atomic E-state index is -0.0821. The van der Waals surface area contributed by atoms with Crippen LogP contribution in [0.1, 0.15) is 19.4 Å². The number of rotatable bonds is 9. The first-order valence-corrected chi connectivity index (χ1v) is 10.6. The Hall–Kier alpha value is -2.37. The molecular weight excluding hydrogens is 362 g/mol. The molecule has 1 aliphatic rings. The fourth-order valence-corrected chi connectivity index (χ4v) is 3.75. The van der Waals surface area contributed by atoms with Crippen LogP contribution in [0.2, 0.25) is 0 Å². The lowest BCUT2D eigenvalue weighted by molar-refractivity contribution is -0.137. The van der Waals surface area contributed by atoms with E-state index in [1.54, 1.807) is 0 Å². The summed E-state index contributed by atoms with van der Waals surface area (Å²) in [7, 11) is 0. The highest BCUT2D eigenvalue weighted by Crippen LogP contribution is 2.13. The van der Waals surface area contributed by atoms with Crippen molar-refractivity contribution in [3.8, 4) is 5.75 Å². The number of amides is 1. The van der Waals surface area contributed by atoms with Crippen LogP contribution < -0.4 is 4.74 Å². The van der Waals surface area contributed by atoms with Gasteiger partial charge in [0.15, 0.2) is 0 Å². The summed E-state index contributed by atoms with van der Waals surface area (Å²) in [6, 6.07) is 20.1. The van der Waals surface area contributed by atoms with Gasteiger partial charge in [-0.2, -0.15) is 0 Å². The molecule has 0 saturated carbocycles. The molecule has 1 saturated heterocycles. The molecule has 2 aromatic rings. The number of hydrogen-bond acceptors (Lipinski definition) is 4. The van der Waals surface area contributed by atoms with Crippen molar-refractivity contribution in [1.29, 1.82) is 0 Å². The van der Waals surface area contributed by atoms with Crippen molar-refractivity contribution in [2.24, 2.45) is 0 Å². The summed E-state index contributed by atoms with van der Waals surface area (Å²) in [5.74, 6) is 1.14. The monoisotopic (exact) mass is 395 g/mol. The summed E-state index contributed by atoms with van der Waals surface area (Å²) in [6.45, 7) is 10.9. The van der Waals surface area contributed by atoms with Crippen LogP contribution in [-0.4, -0.2) is 72.5 Å². The SMILES string of the molecule is CCN(Cc1ccccc1)C(=O)C(C)N1CCN(CCOc2ccccc2)CC1. The number of nitrogens with zero attached hydrogens (tertiary/aromatic N) is 3. The van der Waals surface area contributed by atoms with Crippen LogP contribution >= 0.6 is 0 Å². The van der Waals surface area contributed by atoms with Gasteiger partial charge in [-0.15, -0.1) is 0 Å². The number of ether oxygens (including phenoxy) is 1. The zero-order valence-electron chi connectivity index (χ0n) is 17.7. The molecule has 1 heterocycles. The van der Waals surface area contributed by atoms with Crippen molar-refractivity contribution >= 4 is 5.91 Å². The summed E-state index contributed by atoms with van der Waals surface area (Å²) in [4.78, 5) is 19.7. The van der Waals surface area contributed by atoms with Crippen LogP contribution in [0.3, 0.4) is 0 Å². The van der Waals surface area contributed by atoms with Gasteiger partial charge in [0.2, 0.25) is 5.91 Å². The Morgan fingerprint density at radius 2 is 1.62 bits per heavy atom. The van der Waals surface area contributed by atoms with Crippen LogP contribution in [0.4, 0.5) is 0 Å². The molecular formula is C24H33N3O2. The van der Waals surface area contributed by atoms with Crippen molar-refractivity contribution in [2.75, 3.05) is 45.9 Å². The second-order valence-electron chi connectivity index (χ2n) is 7.55. The van der Waals surface area contributed by atoms with Gasteiger partial charge < -0.3 is 9.64 Å². The van der Waals surface area contributed by atoms with Crippen LogP contribution in [0, 0.1) is 0 Å². The summed E-state index contributed by atoms with van der Waals surface area (Å²) >= 11 is 0. The van der Waals surface area contributed by atoms with Gasteiger partial charge in [0.05, 0.1) is 6.04 Å². The fourth-order valence-electron chi connectivity index (χ4n) is 3.75. The molecule has 1 amide bonds. The van der Waals surface area contributed by atoms with Gasteiger partial charge in [0.1, 0.15) is 12.4 Å². The molecule has 2 aromatic carbocycles. The molecule has 0 radical (unpaired) electrons. The Bertz CT molecular complexity index is 730. The molecule has 5 nitrogen and oxygen atoms in total. The molecule has 0 aromatic heterocycles. The van der Waals surface area contributed by atoms with Crippen LogP contribution in [0.25, 0.3) is 0 Å². The standard InChI is InChI=1S/C24H33N3O2/c1-3-26(20-22-10-6-4-7-11-22)24(28)21(2)27-16-14-25(15-17-27)18-19-29-23-12-8-5-9-13-23/h4-13,21H,3,14-20H2,1-2H3. The lowest BCUT2D eigenvalue weighted by atomic mass is 10.1. The Morgan fingerprint density at radius 3 is 2.24 bits per heavy atom. The van der Waals surface area contributed by atoms with Gasteiger partial charge in [-0.05, 0) is 31.5 Å². The number of carbonyl (C=O) groups is 1. The van der Waals surface area contributed by atoms with E-state index in [9.17, 15) is 4.79 Å². The zero-order chi connectivity index (χ0) is 20.5. The van der Waals surface area contributed by atoms with E-state index in [0.29, 0.717) is 13.2 Å². The fraction of sp³-hybridized carbons (Fsp3) is 0.458. The zero-order valence-corrected chi connectivity index (χ0v) is 17.7. The highest BCUT2D eigenvalue weighted by atomic mass is 16.5. The van der Waals surface area contributed by atoms with E-state index >= 15 is 0 Å². The first-order chi connectivity index (χ1) is 14.2. The highest BCUT2D eigenvalue weighted by molar-refractivity contribution is 5.81. The molecule has 0 bridgehead atoms. The van der Waals surface area contributed by atoms with E-state index in [-0.39, 0.29) is 11.9 Å². The maximum atomic E-state index is 13.0. The van der Waals surface area contributed by atoms with Gasteiger partial charge in [-0.3, -0.25) is 14.6 Å². The van der Waals surface area contributed by atoms with Gasteiger partial charge in [-0.1, -0.05) is 48.5 Å². The third kappa shape index (κ3) is 6.31. The molecule has 0 spiro atoms. The maximum Gasteiger partial charge on any atom is 0.239 e. The normalized spacial score (nSPS) is 16.3. The van der Waals surface area contributed by atoms with E-state index in [1.807, 2.05) is 60.4 Å². The van der Waals surface area contributed by atoms with E-state index in [0.717, 1.165) is 45.0 Å². The Labute approximate surface area is 174 Å². The highest BCUT2D eigenvalue weighted by Gasteiger charge is 2.28. The van der Waals surface area contributed by atoms with Crippen molar-refractivity contribution in [1.82, 2.24) is 14.7 Å². The minimum absolute atomic E-state index is 0.0821. The Balaban J connectivity index is 1.42. The molecule has 3 rings (SSSR count). The van der Waals surface area contributed by atoms with E-state index < -0.39 is 0 Å². The molecule has 5 heteroatoms. The molecule has 29 heavy (non-hydrogen) atoms. The molecule has 1 unspecified atom stereocenters. The van der Waals surface area contributed by atoms with E-state index in [2.05, 4.69) is 28.9 Å². The lowest BCUT2D eigenvalue weighted by Crippen LogP contribution is -2.54. The van der Waals surface area contributed by atoms with E-state index in [4.69, 9.17) is 4.74 Å². The number of hydrogen-bond donors (Lipinski definition) is 0. The third-order valence-electron chi connectivity index (χ3n) is 5.64. The molecule has 0 N–H and O–H groups in total. The van der Waals surface area contributed by atoms with Gasteiger partial charge in [-0.25, -0.2) is 0 Å². The summed E-state index contributed by atoms with van der Waals surface area (Å²) < 4.78 is 5.81. The first kappa shape index (κ1) is 21.3.